The molecule has 0 unspecified atom stereocenters. The number of carbonyl (C=O) groups excluding carboxylic acids is 1. The molecule has 92 valence electrons. The van der Waals surface area contributed by atoms with E-state index in [9.17, 15) is 4.79 Å². The van der Waals surface area contributed by atoms with Gasteiger partial charge in [-0.15, -0.1) is 0 Å². The molecule has 0 atom stereocenters. The fourth-order valence-corrected chi connectivity index (χ4v) is 1.27. The number of nitrogens with one attached hydrogen (secondary N) is 1. The summed E-state index contributed by atoms with van der Waals surface area (Å²) in [5.74, 6) is 0.0481. The molecule has 0 aliphatic carbocycles. The minimum Gasteiger partial charge on any atom is -0.355 e. The molecule has 0 saturated heterocycles. The van der Waals surface area contributed by atoms with Crippen molar-refractivity contribution in [1.82, 2.24) is 5.32 Å². The second kappa shape index (κ2) is 5.89. The maximum absolute atomic E-state index is 11.8. The second-order valence-corrected chi connectivity index (χ2v) is 6.11. The summed E-state index contributed by atoms with van der Waals surface area (Å²) in [5.41, 5.74) is -0.0903. The van der Waals surface area contributed by atoms with Gasteiger partial charge in [0, 0.05) is 12.0 Å². The molecule has 0 fully saturated rings. The molecule has 16 heavy (non-hydrogen) atoms. The molecule has 0 bridgehead atoms. The van der Waals surface area contributed by atoms with E-state index in [0.717, 1.165) is 12.8 Å². The van der Waals surface area contributed by atoms with Crippen LogP contribution in [0.15, 0.2) is 0 Å². The molecule has 0 radical (unpaired) electrons. The molecule has 0 spiro atoms. The number of rotatable bonds is 5. The Morgan fingerprint density at radius 2 is 1.75 bits per heavy atom. The summed E-state index contributed by atoms with van der Waals surface area (Å²) >= 11 is 0. The lowest BCUT2D eigenvalue weighted by Gasteiger charge is -2.27. The highest BCUT2D eigenvalue weighted by Gasteiger charge is 2.28. The number of carbonyl (C=O) groups is 1. The van der Waals surface area contributed by atoms with E-state index in [2.05, 4.69) is 26.1 Å². The van der Waals surface area contributed by atoms with Crippen molar-refractivity contribution in [1.29, 1.82) is 5.26 Å². The Morgan fingerprint density at radius 3 is 2.19 bits per heavy atom. The molecule has 0 aliphatic rings. The average Bonchev–Trinajstić information content (AvgIpc) is 2.14. The Morgan fingerprint density at radius 1 is 1.19 bits per heavy atom. The van der Waals surface area contributed by atoms with E-state index in [1.54, 1.807) is 0 Å². The molecule has 1 amide bonds. The highest BCUT2D eigenvalue weighted by molar-refractivity contribution is 5.81. The van der Waals surface area contributed by atoms with Gasteiger partial charge in [0.05, 0.1) is 12.5 Å². The van der Waals surface area contributed by atoms with Gasteiger partial charge in [0.1, 0.15) is 0 Å². The molecule has 0 heterocycles. The molecule has 0 saturated carbocycles. The van der Waals surface area contributed by atoms with Gasteiger partial charge in [-0.25, -0.2) is 0 Å². The number of hydrogen-bond donors (Lipinski definition) is 1. The van der Waals surface area contributed by atoms with E-state index in [4.69, 9.17) is 5.26 Å². The zero-order valence-electron chi connectivity index (χ0n) is 11.2. The Kier molecular flexibility index (Phi) is 5.50. The predicted octanol–water partition coefficient (Wildman–Crippen LogP) is 2.87. The molecular weight excluding hydrogens is 200 g/mol. The van der Waals surface area contributed by atoms with Crippen LogP contribution >= 0.6 is 0 Å². The molecule has 0 aliphatic heterocycles. The van der Waals surface area contributed by atoms with Crippen molar-refractivity contribution < 1.29 is 4.79 Å². The van der Waals surface area contributed by atoms with E-state index in [1.807, 2.05) is 19.9 Å². The SMILES string of the molecule is CC(C)(C)CCC(C)(C)C(=O)NCCC#N. The van der Waals surface area contributed by atoms with Crippen molar-refractivity contribution in [2.75, 3.05) is 6.54 Å². The minimum atomic E-state index is -0.345. The number of amides is 1. The predicted molar refractivity (Wildman–Crippen MR) is 65.7 cm³/mol. The van der Waals surface area contributed by atoms with Gasteiger partial charge in [0.25, 0.3) is 0 Å². The molecule has 0 aromatic heterocycles. The average molecular weight is 224 g/mol. The lowest BCUT2D eigenvalue weighted by Crippen LogP contribution is -2.37. The van der Waals surface area contributed by atoms with Gasteiger partial charge < -0.3 is 5.32 Å². The third-order valence-electron chi connectivity index (χ3n) is 2.64. The smallest absolute Gasteiger partial charge is 0.225 e. The topological polar surface area (TPSA) is 52.9 Å². The Hall–Kier alpha value is -1.04. The Balaban J connectivity index is 4.11. The zero-order chi connectivity index (χ0) is 12.8. The van der Waals surface area contributed by atoms with Gasteiger partial charge in [-0.3, -0.25) is 4.79 Å². The molecule has 0 aromatic rings. The molecule has 1 N–H and O–H groups in total. The Labute approximate surface area is 99.2 Å². The van der Waals surface area contributed by atoms with Crippen LogP contribution in [0, 0.1) is 22.2 Å². The quantitative estimate of drug-likeness (QED) is 0.730. The van der Waals surface area contributed by atoms with Crippen LogP contribution in [0.1, 0.15) is 53.9 Å². The van der Waals surface area contributed by atoms with E-state index in [1.165, 1.54) is 0 Å². The lowest BCUT2D eigenvalue weighted by molar-refractivity contribution is -0.129. The molecular formula is C13H24N2O. The molecule has 0 rings (SSSR count). The van der Waals surface area contributed by atoms with Crippen LogP contribution in [-0.4, -0.2) is 12.5 Å². The summed E-state index contributed by atoms with van der Waals surface area (Å²) in [5, 5.41) is 11.2. The zero-order valence-corrected chi connectivity index (χ0v) is 11.2. The first-order valence-electron chi connectivity index (χ1n) is 5.84. The van der Waals surface area contributed by atoms with Crippen molar-refractivity contribution in [2.24, 2.45) is 10.8 Å². The van der Waals surface area contributed by atoms with E-state index in [0.29, 0.717) is 13.0 Å². The first-order valence-corrected chi connectivity index (χ1v) is 5.84. The summed E-state index contributed by atoms with van der Waals surface area (Å²) in [4.78, 5) is 11.8. The van der Waals surface area contributed by atoms with Crippen LogP contribution in [0.25, 0.3) is 0 Å². The van der Waals surface area contributed by atoms with Crippen molar-refractivity contribution >= 4 is 5.91 Å². The third-order valence-corrected chi connectivity index (χ3v) is 2.64. The van der Waals surface area contributed by atoms with Gasteiger partial charge in [-0.1, -0.05) is 34.6 Å². The largest absolute Gasteiger partial charge is 0.355 e. The van der Waals surface area contributed by atoms with Crippen LogP contribution in [0.4, 0.5) is 0 Å². The van der Waals surface area contributed by atoms with Crippen molar-refractivity contribution in [3.63, 3.8) is 0 Å². The highest BCUT2D eigenvalue weighted by atomic mass is 16.2. The number of nitrogens with zero attached hydrogens (tertiary/aromatic N) is 1. The maximum atomic E-state index is 11.8. The molecule has 0 aromatic carbocycles. The van der Waals surface area contributed by atoms with E-state index >= 15 is 0 Å². The van der Waals surface area contributed by atoms with Gasteiger partial charge in [0.15, 0.2) is 0 Å². The van der Waals surface area contributed by atoms with E-state index < -0.39 is 0 Å². The van der Waals surface area contributed by atoms with Crippen molar-refractivity contribution in [3.05, 3.63) is 0 Å². The molecule has 3 heteroatoms. The van der Waals surface area contributed by atoms with Crippen LogP contribution < -0.4 is 5.32 Å². The van der Waals surface area contributed by atoms with Crippen LogP contribution in [0.2, 0.25) is 0 Å². The fourth-order valence-electron chi connectivity index (χ4n) is 1.27. The molecule has 3 nitrogen and oxygen atoms in total. The van der Waals surface area contributed by atoms with Gasteiger partial charge >= 0.3 is 0 Å². The lowest BCUT2D eigenvalue weighted by atomic mass is 9.79. The Bertz CT molecular complexity index is 269. The standard InChI is InChI=1S/C13H24N2O/c1-12(2,3)7-8-13(4,5)11(16)15-10-6-9-14/h6-8,10H2,1-5H3,(H,15,16). The summed E-state index contributed by atoms with van der Waals surface area (Å²) in [6.07, 6.45) is 2.27. The summed E-state index contributed by atoms with van der Waals surface area (Å²) < 4.78 is 0. The van der Waals surface area contributed by atoms with Crippen LogP contribution in [0.5, 0.6) is 0 Å². The van der Waals surface area contributed by atoms with Crippen molar-refractivity contribution in [2.45, 2.75) is 53.9 Å². The summed E-state index contributed by atoms with van der Waals surface area (Å²) in [6, 6.07) is 2.02. The summed E-state index contributed by atoms with van der Waals surface area (Å²) in [7, 11) is 0. The number of hydrogen-bond acceptors (Lipinski definition) is 2. The second-order valence-electron chi connectivity index (χ2n) is 6.11. The highest BCUT2D eigenvalue weighted by Crippen LogP contribution is 2.30. The van der Waals surface area contributed by atoms with Crippen molar-refractivity contribution in [3.8, 4) is 6.07 Å². The van der Waals surface area contributed by atoms with Crippen LogP contribution in [-0.2, 0) is 4.79 Å². The fraction of sp³-hybridized carbons (Fsp3) is 0.846. The van der Waals surface area contributed by atoms with Crippen LogP contribution in [0.3, 0.4) is 0 Å². The van der Waals surface area contributed by atoms with Gasteiger partial charge in [0.2, 0.25) is 5.91 Å². The first-order chi connectivity index (χ1) is 7.19. The maximum Gasteiger partial charge on any atom is 0.225 e. The third kappa shape index (κ3) is 6.44. The first kappa shape index (κ1) is 15.0. The number of nitriles is 1. The monoisotopic (exact) mass is 224 g/mol. The normalized spacial score (nSPS) is 12.0. The minimum absolute atomic E-state index is 0.0481. The van der Waals surface area contributed by atoms with Gasteiger partial charge in [-0.2, -0.15) is 5.26 Å². The van der Waals surface area contributed by atoms with E-state index in [-0.39, 0.29) is 16.7 Å². The van der Waals surface area contributed by atoms with Gasteiger partial charge in [-0.05, 0) is 18.3 Å². The summed E-state index contributed by atoms with van der Waals surface area (Å²) in [6.45, 7) is 10.9.